The Morgan fingerprint density at radius 3 is 2.17 bits per heavy atom. The number of anilines is 1. The zero-order valence-corrected chi connectivity index (χ0v) is 20.2. The lowest BCUT2D eigenvalue weighted by Gasteiger charge is -2.42. The topological polar surface area (TPSA) is 75.7 Å². The molecule has 2 aliphatic carbocycles. The van der Waals surface area contributed by atoms with Crippen LogP contribution in [0.1, 0.15) is 55.6 Å². The Bertz CT molecular complexity index is 1210. The largest absolute Gasteiger partial charge is 0.484 e. The van der Waals surface area contributed by atoms with E-state index in [9.17, 15) is 14.4 Å². The summed E-state index contributed by atoms with van der Waals surface area (Å²) >= 11 is 0. The molecule has 5 rings (SSSR count). The fourth-order valence-electron chi connectivity index (χ4n) is 5.51. The van der Waals surface area contributed by atoms with Crippen LogP contribution in [0.15, 0.2) is 71.1 Å². The molecule has 6 heteroatoms. The van der Waals surface area contributed by atoms with E-state index >= 15 is 0 Å². The molecular formula is C29H30N2O4. The fourth-order valence-corrected chi connectivity index (χ4v) is 5.51. The Morgan fingerprint density at radius 1 is 0.943 bits per heavy atom. The van der Waals surface area contributed by atoms with Crippen LogP contribution in [0.3, 0.4) is 0 Å². The molecule has 0 spiro atoms. The summed E-state index contributed by atoms with van der Waals surface area (Å²) in [6.07, 6.45) is 4.46. The molecule has 180 valence electrons. The van der Waals surface area contributed by atoms with Gasteiger partial charge in [-0.1, -0.05) is 24.3 Å². The maximum absolute atomic E-state index is 13.1. The van der Waals surface area contributed by atoms with Crippen molar-refractivity contribution in [3.05, 3.63) is 82.2 Å². The average Bonchev–Trinajstić information content (AvgIpc) is 2.84. The van der Waals surface area contributed by atoms with Crippen molar-refractivity contribution in [3.8, 4) is 5.75 Å². The van der Waals surface area contributed by atoms with E-state index in [1.54, 1.807) is 0 Å². The highest BCUT2D eigenvalue weighted by Gasteiger charge is 2.42. The molecule has 0 saturated carbocycles. The van der Waals surface area contributed by atoms with Gasteiger partial charge in [0, 0.05) is 54.0 Å². The lowest BCUT2D eigenvalue weighted by molar-refractivity contribution is -0.118. The molecular weight excluding hydrogens is 440 g/mol. The number of nitrogens with zero attached hydrogens (tertiary/aromatic N) is 1. The quantitative estimate of drug-likeness (QED) is 0.661. The molecule has 3 aliphatic rings. The highest BCUT2D eigenvalue weighted by atomic mass is 16.5. The average molecular weight is 471 g/mol. The number of allylic oxidation sites excluding steroid dienone is 4. The summed E-state index contributed by atoms with van der Waals surface area (Å²) in [5, 5.41) is 2.84. The number of ketones is 2. The lowest BCUT2D eigenvalue weighted by Crippen LogP contribution is -2.37. The smallest absolute Gasteiger partial charge is 0.262 e. The zero-order chi connectivity index (χ0) is 24.5. The van der Waals surface area contributed by atoms with Crippen molar-refractivity contribution in [1.82, 2.24) is 4.90 Å². The number of rotatable bonds is 5. The van der Waals surface area contributed by atoms with Gasteiger partial charge in [-0.2, -0.15) is 0 Å². The van der Waals surface area contributed by atoms with E-state index in [1.807, 2.05) is 62.5 Å². The van der Waals surface area contributed by atoms with Crippen LogP contribution in [0.25, 0.3) is 0 Å². The normalized spacial score (nSPS) is 18.4. The summed E-state index contributed by atoms with van der Waals surface area (Å²) in [6, 6.07) is 15.1. The van der Waals surface area contributed by atoms with Crippen molar-refractivity contribution in [2.75, 3.05) is 19.0 Å². The van der Waals surface area contributed by atoms with Gasteiger partial charge in [-0.05, 0) is 68.0 Å². The van der Waals surface area contributed by atoms with Crippen LogP contribution >= 0.6 is 0 Å². The predicted molar refractivity (Wildman–Crippen MR) is 134 cm³/mol. The maximum atomic E-state index is 13.1. The van der Waals surface area contributed by atoms with Gasteiger partial charge in [0.2, 0.25) is 0 Å². The Morgan fingerprint density at radius 2 is 1.57 bits per heavy atom. The molecule has 0 saturated heterocycles. The van der Waals surface area contributed by atoms with E-state index in [0.29, 0.717) is 18.6 Å². The van der Waals surface area contributed by atoms with E-state index in [0.717, 1.165) is 65.0 Å². The maximum Gasteiger partial charge on any atom is 0.262 e. The standard InChI is InChI=1S/C29H30N2O4/c1-18-6-3-7-20(16-18)30-26(34)17-35-21-14-12-19(13-15-21)27-28-22(8-4-10-24(28)32)31(2)23-9-5-11-25(33)29(23)27/h3,6-7,12-16,27H,4-5,8-11,17H2,1-2H3,(H,30,34). The number of benzene rings is 2. The van der Waals surface area contributed by atoms with Gasteiger partial charge in [0.25, 0.3) is 5.91 Å². The van der Waals surface area contributed by atoms with Crippen molar-refractivity contribution < 1.29 is 19.1 Å². The molecule has 2 aromatic carbocycles. The molecule has 0 aromatic heterocycles. The molecule has 2 aromatic rings. The van der Waals surface area contributed by atoms with Gasteiger partial charge >= 0.3 is 0 Å². The van der Waals surface area contributed by atoms with Gasteiger partial charge in [0.05, 0.1) is 0 Å². The third kappa shape index (κ3) is 4.53. The van der Waals surface area contributed by atoms with Crippen molar-refractivity contribution in [2.45, 2.75) is 51.4 Å². The third-order valence-electron chi connectivity index (χ3n) is 7.13. The van der Waals surface area contributed by atoms with Gasteiger partial charge in [0.1, 0.15) is 5.75 Å². The number of hydrogen-bond acceptors (Lipinski definition) is 5. The first-order valence-electron chi connectivity index (χ1n) is 12.3. The van der Waals surface area contributed by atoms with Crippen LogP contribution in [0.2, 0.25) is 0 Å². The first-order chi connectivity index (χ1) is 16.9. The molecule has 1 heterocycles. The van der Waals surface area contributed by atoms with Gasteiger partial charge in [-0.3, -0.25) is 14.4 Å². The van der Waals surface area contributed by atoms with Crippen molar-refractivity contribution >= 4 is 23.2 Å². The molecule has 1 amide bonds. The number of carbonyl (C=O) groups excluding carboxylic acids is 3. The third-order valence-corrected chi connectivity index (χ3v) is 7.13. The van der Waals surface area contributed by atoms with Gasteiger partial charge in [-0.25, -0.2) is 0 Å². The lowest BCUT2D eigenvalue weighted by atomic mass is 9.71. The van der Waals surface area contributed by atoms with Gasteiger partial charge in [-0.15, -0.1) is 0 Å². The molecule has 0 unspecified atom stereocenters. The first kappa shape index (κ1) is 23.1. The second kappa shape index (κ2) is 9.53. The SMILES string of the molecule is Cc1cccc(NC(=O)COc2ccc(C3C4=C(CCCC4=O)N(C)C4=C3C(=O)CCC4)cc2)c1. The van der Waals surface area contributed by atoms with Crippen LogP contribution < -0.4 is 10.1 Å². The molecule has 35 heavy (non-hydrogen) atoms. The predicted octanol–water partition coefficient (Wildman–Crippen LogP) is 5.06. The van der Waals surface area contributed by atoms with Crippen LogP contribution in [-0.4, -0.2) is 36.0 Å². The van der Waals surface area contributed by atoms with Gasteiger partial charge in [0.15, 0.2) is 18.2 Å². The number of aryl methyl sites for hydroxylation is 1. The molecule has 1 N–H and O–H groups in total. The molecule has 0 atom stereocenters. The van der Waals surface area contributed by atoms with Crippen LogP contribution in [0.5, 0.6) is 5.75 Å². The van der Waals surface area contributed by atoms with Crippen molar-refractivity contribution in [1.29, 1.82) is 0 Å². The second-order valence-corrected chi connectivity index (χ2v) is 9.54. The summed E-state index contributed by atoms with van der Waals surface area (Å²) in [5.74, 6) is 0.285. The Hall–Kier alpha value is -3.67. The summed E-state index contributed by atoms with van der Waals surface area (Å²) in [6.45, 7) is 1.86. The summed E-state index contributed by atoms with van der Waals surface area (Å²) in [5.41, 5.74) is 6.40. The number of Topliss-reactive ketones (excluding diaryl/α,β-unsaturated/α-hetero) is 2. The Balaban J connectivity index is 1.36. The zero-order valence-electron chi connectivity index (χ0n) is 20.2. The number of amides is 1. The second-order valence-electron chi connectivity index (χ2n) is 9.54. The molecule has 1 aliphatic heterocycles. The van der Waals surface area contributed by atoms with Crippen LogP contribution in [0, 0.1) is 6.92 Å². The monoisotopic (exact) mass is 470 g/mol. The van der Waals surface area contributed by atoms with E-state index in [-0.39, 0.29) is 30.0 Å². The summed E-state index contributed by atoms with van der Waals surface area (Å²) in [7, 11) is 2.00. The Kier molecular flexibility index (Phi) is 6.29. The van der Waals surface area contributed by atoms with E-state index in [1.165, 1.54) is 0 Å². The molecule has 0 fully saturated rings. The van der Waals surface area contributed by atoms with E-state index in [4.69, 9.17) is 4.74 Å². The molecule has 6 nitrogen and oxygen atoms in total. The van der Waals surface area contributed by atoms with Crippen LogP contribution in [0.4, 0.5) is 5.69 Å². The molecule has 0 bridgehead atoms. The van der Waals surface area contributed by atoms with Crippen molar-refractivity contribution in [2.24, 2.45) is 0 Å². The fraction of sp³-hybridized carbons (Fsp3) is 0.345. The minimum absolute atomic E-state index is 0.108. The number of nitrogens with one attached hydrogen (secondary N) is 1. The van der Waals surface area contributed by atoms with Gasteiger partial charge < -0.3 is 15.0 Å². The van der Waals surface area contributed by atoms with Crippen LogP contribution in [-0.2, 0) is 14.4 Å². The number of hydrogen-bond donors (Lipinski definition) is 1. The minimum atomic E-state index is -0.324. The highest BCUT2D eigenvalue weighted by Crippen LogP contribution is 2.48. The minimum Gasteiger partial charge on any atom is -0.484 e. The van der Waals surface area contributed by atoms with E-state index < -0.39 is 0 Å². The number of ether oxygens (including phenoxy) is 1. The number of carbonyl (C=O) groups is 3. The highest BCUT2D eigenvalue weighted by molar-refractivity contribution is 6.06. The Labute approximate surface area is 205 Å². The summed E-state index contributed by atoms with van der Waals surface area (Å²) in [4.78, 5) is 40.5. The first-order valence-corrected chi connectivity index (χ1v) is 12.3. The van der Waals surface area contributed by atoms with E-state index in [2.05, 4.69) is 10.2 Å². The van der Waals surface area contributed by atoms with Crippen molar-refractivity contribution in [3.63, 3.8) is 0 Å². The molecule has 0 radical (unpaired) electrons. The summed E-state index contributed by atoms with van der Waals surface area (Å²) < 4.78 is 5.71.